The molecule has 0 aromatic heterocycles. The predicted molar refractivity (Wildman–Crippen MR) is 45.0 cm³/mol. The fourth-order valence-corrected chi connectivity index (χ4v) is 1.27. The number of hydrogen-bond acceptors (Lipinski definition) is 6. The summed E-state index contributed by atoms with van der Waals surface area (Å²) in [7, 11) is 0. The van der Waals surface area contributed by atoms with E-state index < -0.39 is 37.3 Å². The molecule has 0 amide bonds. The standard InChI is InChI=1S/C8H14O6/c1-2-13-8-7(12)6(11)5(10)4(3-9)14-8/h2,4-12H,1,3H2/t4?,5-,6?,7+,8+/m0/s1. The van der Waals surface area contributed by atoms with E-state index >= 15 is 0 Å². The molecule has 0 spiro atoms. The molecule has 0 aromatic rings. The largest absolute Gasteiger partial charge is 0.470 e. The van der Waals surface area contributed by atoms with Crippen LogP contribution >= 0.6 is 0 Å². The van der Waals surface area contributed by atoms with Gasteiger partial charge in [0, 0.05) is 0 Å². The Morgan fingerprint density at radius 2 is 1.86 bits per heavy atom. The maximum atomic E-state index is 9.36. The van der Waals surface area contributed by atoms with Gasteiger partial charge in [0.15, 0.2) is 0 Å². The lowest BCUT2D eigenvalue weighted by Crippen LogP contribution is -2.58. The van der Waals surface area contributed by atoms with Crippen molar-refractivity contribution in [1.29, 1.82) is 0 Å². The van der Waals surface area contributed by atoms with E-state index in [1.54, 1.807) is 0 Å². The maximum absolute atomic E-state index is 9.36. The van der Waals surface area contributed by atoms with E-state index in [4.69, 9.17) is 14.6 Å². The third-order valence-corrected chi connectivity index (χ3v) is 2.08. The van der Waals surface area contributed by atoms with Gasteiger partial charge in [-0.25, -0.2) is 0 Å². The van der Waals surface area contributed by atoms with Gasteiger partial charge in [-0.2, -0.15) is 0 Å². The summed E-state index contributed by atoms with van der Waals surface area (Å²) >= 11 is 0. The second kappa shape index (κ2) is 4.72. The summed E-state index contributed by atoms with van der Waals surface area (Å²) < 4.78 is 9.72. The van der Waals surface area contributed by atoms with Crippen LogP contribution < -0.4 is 0 Å². The zero-order chi connectivity index (χ0) is 10.7. The molecule has 2 unspecified atom stereocenters. The van der Waals surface area contributed by atoms with E-state index in [2.05, 4.69) is 6.58 Å². The molecule has 5 atom stereocenters. The van der Waals surface area contributed by atoms with Crippen molar-refractivity contribution in [2.75, 3.05) is 6.61 Å². The SMILES string of the molecule is C=CO[C@@H]1OC(CO)[C@H](O)C(O)[C@H]1O. The van der Waals surface area contributed by atoms with Crippen molar-refractivity contribution in [1.82, 2.24) is 0 Å². The molecule has 4 N–H and O–H groups in total. The second-order valence-corrected chi connectivity index (χ2v) is 3.00. The van der Waals surface area contributed by atoms with Crippen molar-refractivity contribution < 1.29 is 29.9 Å². The summed E-state index contributed by atoms with van der Waals surface area (Å²) in [6, 6.07) is 0. The van der Waals surface area contributed by atoms with Crippen LogP contribution in [0.1, 0.15) is 0 Å². The molecule has 0 aliphatic carbocycles. The predicted octanol–water partition coefficient (Wildman–Crippen LogP) is -2.05. The van der Waals surface area contributed by atoms with E-state index in [0.717, 1.165) is 6.26 Å². The Morgan fingerprint density at radius 3 is 2.36 bits per heavy atom. The molecule has 0 bridgehead atoms. The van der Waals surface area contributed by atoms with Crippen LogP contribution in [0.15, 0.2) is 12.8 Å². The molecule has 1 saturated heterocycles. The average molecular weight is 206 g/mol. The molecule has 0 saturated carbocycles. The third kappa shape index (κ3) is 2.05. The van der Waals surface area contributed by atoms with E-state index in [-0.39, 0.29) is 0 Å². The van der Waals surface area contributed by atoms with Gasteiger partial charge in [-0.15, -0.1) is 0 Å². The van der Waals surface area contributed by atoms with Gasteiger partial charge < -0.3 is 29.9 Å². The van der Waals surface area contributed by atoms with E-state index in [1.165, 1.54) is 0 Å². The maximum Gasteiger partial charge on any atom is 0.228 e. The van der Waals surface area contributed by atoms with Crippen LogP contribution in [0.2, 0.25) is 0 Å². The summed E-state index contributed by atoms with van der Waals surface area (Å²) in [5.74, 6) is 0. The molecule has 6 heteroatoms. The topological polar surface area (TPSA) is 99.4 Å². The highest BCUT2D eigenvalue weighted by Gasteiger charge is 2.44. The number of ether oxygens (including phenoxy) is 2. The van der Waals surface area contributed by atoms with Crippen LogP contribution in [0.4, 0.5) is 0 Å². The lowest BCUT2D eigenvalue weighted by atomic mass is 9.99. The zero-order valence-electron chi connectivity index (χ0n) is 7.48. The quantitative estimate of drug-likeness (QED) is 0.396. The van der Waals surface area contributed by atoms with E-state index in [9.17, 15) is 15.3 Å². The van der Waals surface area contributed by atoms with Gasteiger partial charge in [0.05, 0.1) is 12.9 Å². The average Bonchev–Trinajstić information content (AvgIpc) is 2.19. The minimum absolute atomic E-state index is 0.470. The van der Waals surface area contributed by atoms with E-state index in [0.29, 0.717) is 0 Å². The number of hydrogen-bond donors (Lipinski definition) is 4. The van der Waals surface area contributed by atoms with Crippen LogP contribution in [-0.4, -0.2) is 57.7 Å². The van der Waals surface area contributed by atoms with Gasteiger partial charge in [-0.3, -0.25) is 0 Å². The molecular weight excluding hydrogens is 192 g/mol. The molecular formula is C8H14O6. The van der Waals surface area contributed by atoms with Gasteiger partial charge in [-0.05, 0) is 0 Å². The van der Waals surface area contributed by atoms with Crippen LogP contribution in [-0.2, 0) is 9.47 Å². The second-order valence-electron chi connectivity index (χ2n) is 3.00. The van der Waals surface area contributed by atoms with Gasteiger partial charge in [0.2, 0.25) is 6.29 Å². The summed E-state index contributed by atoms with van der Waals surface area (Å²) in [6.07, 6.45) is -5.16. The first-order valence-electron chi connectivity index (χ1n) is 4.18. The molecule has 1 aliphatic rings. The number of aliphatic hydroxyl groups excluding tert-OH is 4. The molecule has 1 aliphatic heterocycles. The zero-order valence-corrected chi connectivity index (χ0v) is 7.48. The minimum Gasteiger partial charge on any atom is -0.470 e. The van der Waals surface area contributed by atoms with Crippen LogP contribution in [0.5, 0.6) is 0 Å². The van der Waals surface area contributed by atoms with Gasteiger partial charge in [0.25, 0.3) is 0 Å². The monoisotopic (exact) mass is 206 g/mol. The molecule has 1 fully saturated rings. The molecule has 0 aromatic carbocycles. The van der Waals surface area contributed by atoms with Crippen molar-refractivity contribution in [3.63, 3.8) is 0 Å². The molecule has 14 heavy (non-hydrogen) atoms. The molecule has 82 valence electrons. The lowest BCUT2D eigenvalue weighted by Gasteiger charge is -2.38. The smallest absolute Gasteiger partial charge is 0.228 e. The normalized spacial score (nSPS) is 43.3. The fraction of sp³-hybridized carbons (Fsp3) is 0.750. The molecule has 0 radical (unpaired) electrons. The Kier molecular flexibility index (Phi) is 3.85. The van der Waals surface area contributed by atoms with Gasteiger partial charge in [0.1, 0.15) is 24.4 Å². The Bertz CT molecular complexity index is 194. The van der Waals surface area contributed by atoms with Crippen molar-refractivity contribution in [3.05, 3.63) is 12.8 Å². The number of rotatable bonds is 3. The van der Waals surface area contributed by atoms with Crippen molar-refractivity contribution in [2.24, 2.45) is 0 Å². The first-order chi connectivity index (χ1) is 6.61. The third-order valence-electron chi connectivity index (χ3n) is 2.08. The Morgan fingerprint density at radius 1 is 1.21 bits per heavy atom. The number of aliphatic hydroxyl groups is 4. The first-order valence-corrected chi connectivity index (χ1v) is 4.18. The first kappa shape index (κ1) is 11.4. The Hall–Kier alpha value is -0.660. The summed E-state index contributed by atoms with van der Waals surface area (Å²) in [5.41, 5.74) is 0. The van der Waals surface area contributed by atoms with Gasteiger partial charge in [-0.1, -0.05) is 6.58 Å². The van der Waals surface area contributed by atoms with E-state index in [1.807, 2.05) is 0 Å². The Labute approximate surface area is 81.0 Å². The highest BCUT2D eigenvalue weighted by Crippen LogP contribution is 2.21. The molecule has 1 rings (SSSR count). The highest BCUT2D eigenvalue weighted by atomic mass is 16.7. The lowest BCUT2D eigenvalue weighted by molar-refractivity contribution is -0.287. The molecule has 1 heterocycles. The van der Waals surface area contributed by atoms with Crippen LogP contribution in [0.3, 0.4) is 0 Å². The van der Waals surface area contributed by atoms with Crippen molar-refractivity contribution in [3.8, 4) is 0 Å². The highest BCUT2D eigenvalue weighted by molar-refractivity contribution is 4.89. The molecule has 6 nitrogen and oxygen atoms in total. The summed E-state index contributed by atoms with van der Waals surface area (Å²) in [6.45, 7) is 2.79. The van der Waals surface area contributed by atoms with Gasteiger partial charge >= 0.3 is 0 Å². The van der Waals surface area contributed by atoms with Crippen molar-refractivity contribution >= 4 is 0 Å². The van der Waals surface area contributed by atoms with Crippen LogP contribution in [0, 0.1) is 0 Å². The fourth-order valence-electron chi connectivity index (χ4n) is 1.27. The minimum atomic E-state index is -1.41. The summed E-state index contributed by atoms with van der Waals surface area (Å²) in [4.78, 5) is 0. The van der Waals surface area contributed by atoms with Crippen LogP contribution in [0.25, 0.3) is 0 Å². The Balaban J connectivity index is 2.67. The van der Waals surface area contributed by atoms with Crippen molar-refractivity contribution in [2.45, 2.75) is 30.7 Å². The summed E-state index contributed by atoms with van der Waals surface area (Å²) in [5, 5.41) is 36.8.